The molecule has 2 amide bonds. The second-order valence-corrected chi connectivity index (χ2v) is 9.17. The predicted octanol–water partition coefficient (Wildman–Crippen LogP) is 1.59. The zero-order valence-electron chi connectivity index (χ0n) is 18.2. The van der Waals surface area contributed by atoms with Crippen molar-refractivity contribution in [1.82, 2.24) is 10.2 Å². The van der Waals surface area contributed by atoms with Crippen LogP contribution in [-0.2, 0) is 9.59 Å². The molecule has 0 radical (unpaired) electrons. The number of carbonyl (C=O) groups excluding carboxylic acids is 2. The van der Waals surface area contributed by atoms with E-state index in [1.54, 1.807) is 11.0 Å². The van der Waals surface area contributed by atoms with Gasteiger partial charge in [0, 0.05) is 30.1 Å². The third kappa shape index (κ3) is 4.34. The normalized spacial score (nSPS) is 26.5. The second-order valence-electron chi connectivity index (χ2n) is 9.17. The van der Waals surface area contributed by atoms with Crippen LogP contribution in [-0.4, -0.2) is 64.9 Å². The van der Waals surface area contributed by atoms with Crippen LogP contribution < -0.4 is 10.1 Å². The fourth-order valence-electron chi connectivity index (χ4n) is 4.56. The van der Waals surface area contributed by atoms with Crippen LogP contribution in [0.5, 0.6) is 5.75 Å². The minimum Gasteiger partial charge on any atom is -0.486 e. The fourth-order valence-corrected chi connectivity index (χ4v) is 4.56. The van der Waals surface area contributed by atoms with Crippen molar-refractivity contribution in [3.8, 4) is 5.75 Å². The monoisotopic (exact) mass is 428 g/mol. The highest BCUT2D eigenvalue weighted by molar-refractivity contribution is 5.96. The van der Waals surface area contributed by atoms with E-state index in [1.807, 2.05) is 24.3 Å². The number of para-hydroxylation sites is 1. The molecule has 168 valence electrons. The van der Waals surface area contributed by atoms with E-state index in [1.165, 1.54) is 0 Å². The second kappa shape index (κ2) is 9.01. The summed E-state index contributed by atoms with van der Waals surface area (Å²) in [6, 6.07) is 6.87. The standard InChI is InChI=1S/C24H32N2O5/c1-14(2)9-11-26(24(30)15-7-8-15)18-13-17(23(29)25-10-12-27)20-16-5-3-4-6-19(16)31-22(20)21(18)28/h3-6,13-15,18,20-22,27-28H,7-12H2,1-2H3,(H,25,29)/t18-,20+,21+,22+/m1/s1. The summed E-state index contributed by atoms with van der Waals surface area (Å²) < 4.78 is 6.11. The highest BCUT2D eigenvalue weighted by Crippen LogP contribution is 2.47. The molecule has 31 heavy (non-hydrogen) atoms. The third-order valence-electron chi connectivity index (χ3n) is 6.39. The summed E-state index contributed by atoms with van der Waals surface area (Å²) in [7, 11) is 0. The minimum atomic E-state index is -0.943. The van der Waals surface area contributed by atoms with Crippen LogP contribution in [0.15, 0.2) is 35.9 Å². The van der Waals surface area contributed by atoms with Gasteiger partial charge in [0.05, 0.1) is 18.6 Å². The number of ether oxygens (including phenoxy) is 1. The Morgan fingerprint density at radius 3 is 2.68 bits per heavy atom. The molecule has 1 saturated carbocycles. The van der Waals surface area contributed by atoms with E-state index in [0.29, 0.717) is 23.8 Å². The Morgan fingerprint density at radius 1 is 1.26 bits per heavy atom. The number of aliphatic hydroxyl groups is 2. The Kier molecular flexibility index (Phi) is 6.34. The molecular formula is C24H32N2O5. The summed E-state index contributed by atoms with van der Waals surface area (Å²) >= 11 is 0. The number of carbonyl (C=O) groups is 2. The average Bonchev–Trinajstić information content (AvgIpc) is 3.53. The van der Waals surface area contributed by atoms with Crippen molar-refractivity contribution < 1.29 is 24.5 Å². The third-order valence-corrected chi connectivity index (χ3v) is 6.39. The van der Waals surface area contributed by atoms with Gasteiger partial charge >= 0.3 is 0 Å². The molecule has 1 heterocycles. The Hall–Kier alpha value is -2.38. The number of rotatable bonds is 8. The molecule has 0 unspecified atom stereocenters. The molecule has 0 aromatic heterocycles. The summed E-state index contributed by atoms with van der Waals surface area (Å²) in [4.78, 5) is 27.9. The van der Waals surface area contributed by atoms with Crippen LogP contribution in [0.1, 0.15) is 44.6 Å². The van der Waals surface area contributed by atoms with Gasteiger partial charge in [-0.15, -0.1) is 0 Å². The summed E-state index contributed by atoms with van der Waals surface area (Å²) in [6.07, 6.45) is 2.74. The van der Waals surface area contributed by atoms with Crippen molar-refractivity contribution in [2.45, 2.75) is 57.3 Å². The van der Waals surface area contributed by atoms with Gasteiger partial charge in [-0.25, -0.2) is 0 Å². The fraction of sp³-hybridized carbons (Fsp3) is 0.583. The maximum atomic E-state index is 13.1. The van der Waals surface area contributed by atoms with Gasteiger partial charge in [-0.2, -0.15) is 0 Å². The molecule has 4 rings (SSSR count). The lowest BCUT2D eigenvalue weighted by molar-refractivity contribution is -0.138. The van der Waals surface area contributed by atoms with Crippen LogP contribution >= 0.6 is 0 Å². The van der Waals surface area contributed by atoms with Gasteiger partial charge < -0.3 is 25.2 Å². The van der Waals surface area contributed by atoms with Gasteiger partial charge in [0.15, 0.2) is 0 Å². The highest BCUT2D eigenvalue weighted by atomic mass is 16.5. The van der Waals surface area contributed by atoms with Crippen LogP contribution in [0.4, 0.5) is 0 Å². The van der Waals surface area contributed by atoms with Crippen molar-refractivity contribution in [2.24, 2.45) is 11.8 Å². The first kappa shape index (κ1) is 21.8. The van der Waals surface area contributed by atoms with Crippen molar-refractivity contribution in [3.05, 3.63) is 41.5 Å². The van der Waals surface area contributed by atoms with Gasteiger partial charge in [-0.05, 0) is 37.3 Å². The SMILES string of the molecule is CC(C)CCN(C(=O)C1CC1)[C@@H]1C=C(C(=O)NCCO)[C@@H]2c3ccccc3O[C@@H]2[C@H]1O. The molecule has 3 N–H and O–H groups in total. The molecule has 7 nitrogen and oxygen atoms in total. The molecule has 0 saturated heterocycles. The molecule has 3 aliphatic rings. The number of fused-ring (bicyclic) bond motifs is 3. The van der Waals surface area contributed by atoms with E-state index < -0.39 is 24.2 Å². The summed E-state index contributed by atoms with van der Waals surface area (Å²) in [6.45, 7) is 4.72. The van der Waals surface area contributed by atoms with Crippen LogP contribution in [0.2, 0.25) is 0 Å². The Morgan fingerprint density at radius 2 is 2.00 bits per heavy atom. The average molecular weight is 429 g/mol. The molecule has 4 atom stereocenters. The lowest BCUT2D eigenvalue weighted by Gasteiger charge is -2.41. The van der Waals surface area contributed by atoms with Crippen molar-refractivity contribution in [3.63, 3.8) is 0 Å². The molecule has 1 fully saturated rings. The maximum Gasteiger partial charge on any atom is 0.247 e. The van der Waals surface area contributed by atoms with Crippen LogP contribution in [0.25, 0.3) is 0 Å². The molecule has 7 heteroatoms. The van der Waals surface area contributed by atoms with Gasteiger partial charge in [-0.1, -0.05) is 32.0 Å². The van der Waals surface area contributed by atoms with Gasteiger partial charge in [0.2, 0.25) is 11.8 Å². The smallest absolute Gasteiger partial charge is 0.247 e. The molecular weight excluding hydrogens is 396 g/mol. The minimum absolute atomic E-state index is 0.0128. The topological polar surface area (TPSA) is 99.1 Å². The summed E-state index contributed by atoms with van der Waals surface area (Å²) in [5.74, 6) is 0.406. The predicted molar refractivity (Wildman–Crippen MR) is 115 cm³/mol. The number of nitrogens with zero attached hydrogens (tertiary/aromatic N) is 1. The lowest BCUT2D eigenvalue weighted by atomic mass is 9.77. The van der Waals surface area contributed by atoms with Crippen molar-refractivity contribution in [1.29, 1.82) is 0 Å². The largest absolute Gasteiger partial charge is 0.486 e. The van der Waals surface area contributed by atoms with Crippen LogP contribution in [0.3, 0.4) is 0 Å². The highest BCUT2D eigenvalue weighted by Gasteiger charge is 2.51. The van der Waals surface area contributed by atoms with Crippen LogP contribution in [0, 0.1) is 11.8 Å². The number of hydrogen-bond acceptors (Lipinski definition) is 5. The summed E-state index contributed by atoms with van der Waals surface area (Å²) in [5.41, 5.74) is 1.34. The Balaban J connectivity index is 1.71. The van der Waals surface area contributed by atoms with E-state index >= 15 is 0 Å². The van der Waals surface area contributed by atoms with Gasteiger partial charge in [0.1, 0.15) is 18.0 Å². The molecule has 1 aromatic rings. The first-order valence-electron chi connectivity index (χ1n) is 11.3. The zero-order chi connectivity index (χ0) is 22.1. The summed E-state index contributed by atoms with van der Waals surface area (Å²) in [5, 5.41) is 23.2. The van der Waals surface area contributed by atoms with E-state index in [-0.39, 0.29) is 30.9 Å². The van der Waals surface area contributed by atoms with Gasteiger partial charge in [0.25, 0.3) is 0 Å². The van der Waals surface area contributed by atoms with Crippen molar-refractivity contribution >= 4 is 11.8 Å². The number of benzene rings is 1. The van der Waals surface area contributed by atoms with E-state index in [9.17, 15) is 14.7 Å². The Labute approximate surface area is 183 Å². The van der Waals surface area contributed by atoms with E-state index in [4.69, 9.17) is 9.84 Å². The van der Waals surface area contributed by atoms with E-state index in [0.717, 1.165) is 24.8 Å². The quantitative estimate of drug-likeness (QED) is 0.584. The number of aliphatic hydroxyl groups excluding tert-OH is 2. The first-order chi connectivity index (χ1) is 14.9. The molecule has 0 spiro atoms. The van der Waals surface area contributed by atoms with Crippen molar-refractivity contribution in [2.75, 3.05) is 19.7 Å². The van der Waals surface area contributed by atoms with Gasteiger partial charge in [-0.3, -0.25) is 9.59 Å². The lowest BCUT2D eigenvalue weighted by Crippen LogP contribution is -2.56. The molecule has 0 bridgehead atoms. The first-order valence-corrected chi connectivity index (χ1v) is 11.3. The molecule has 1 aliphatic heterocycles. The van der Waals surface area contributed by atoms with E-state index in [2.05, 4.69) is 19.2 Å². The number of amides is 2. The maximum absolute atomic E-state index is 13.1. The number of nitrogens with one attached hydrogen (secondary N) is 1. The Bertz CT molecular complexity index is 863. The zero-order valence-corrected chi connectivity index (χ0v) is 18.2. The molecule has 1 aromatic carbocycles. The molecule has 2 aliphatic carbocycles. The number of hydrogen-bond donors (Lipinski definition) is 3.